The lowest BCUT2D eigenvalue weighted by molar-refractivity contribution is -0.145. The summed E-state index contributed by atoms with van der Waals surface area (Å²) in [6.45, 7) is 2.90. The van der Waals surface area contributed by atoms with Crippen LogP contribution in [0.4, 0.5) is 0 Å². The molecule has 16 heavy (non-hydrogen) atoms. The number of nitrogens with one attached hydrogen (secondary N) is 1. The number of benzene rings is 1. The van der Waals surface area contributed by atoms with Crippen molar-refractivity contribution in [1.82, 2.24) is 5.32 Å². The van der Waals surface area contributed by atoms with E-state index in [4.69, 9.17) is 5.11 Å². The SMILES string of the molecule is Cc1ccc(CNC2CC(C(=O)O)C2)cc1. The summed E-state index contributed by atoms with van der Waals surface area (Å²) in [6, 6.07) is 8.78. The highest BCUT2D eigenvalue weighted by Crippen LogP contribution is 2.27. The van der Waals surface area contributed by atoms with Crippen LogP contribution in [0.25, 0.3) is 0 Å². The maximum atomic E-state index is 10.6. The van der Waals surface area contributed by atoms with Crippen molar-refractivity contribution in [1.29, 1.82) is 0 Å². The molecule has 2 rings (SSSR count). The van der Waals surface area contributed by atoms with Gasteiger partial charge in [0.15, 0.2) is 0 Å². The van der Waals surface area contributed by atoms with E-state index >= 15 is 0 Å². The molecule has 1 aliphatic carbocycles. The minimum atomic E-state index is -0.659. The number of carboxylic acid groups (broad SMARTS) is 1. The van der Waals surface area contributed by atoms with Crippen LogP contribution in [0.5, 0.6) is 0 Å². The number of aryl methyl sites for hydroxylation is 1. The number of carbonyl (C=O) groups is 1. The highest BCUT2D eigenvalue weighted by atomic mass is 16.4. The second kappa shape index (κ2) is 4.66. The summed E-state index contributed by atoms with van der Waals surface area (Å²) in [7, 11) is 0. The van der Waals surface area contributed by atoms with Gasteiger partial charge in [0, 0.05) is 12.6 Å². The zero-order valence-electron chi connectivity index (χ0n) is 9.44. The van der Waals surface area contributed by atoms with E-state index in [0.29, 0.717) is 6.04 Å². The Kier molecular flexibility index (Phi) is 3.25. The molecule has 86 valence electrons. The first kappa shape index (κ1) is 11.1. The fraction of sp³-hybridized carbons (Fsp3) is 0.462. The molecule has 2 N–H and O–H groups in total. The normalized spacial score (nSPS) is 23.8. The van der Waals surface area contributed by atoms with Crippen molar-refractivity contribution in [3.05, 3.63) is 35.4 Å². The van der Waals surface area contributed by atoms with E-state index in [-0.39, 0.29) is 5.92 Å². The van der Waals surface area contributed by atoms with E-state index in [1.54, 1.807) is 0 Å². The summed E-state index contributed by atoms with van der Waals surface area (Å²) in [5.74, 6) is -0.788. The van der Waals surface area contributed by atoms with Crippen molar-refractivity contribution in [2.75, 3.05) is 0 Å². The third-order valence-electron chi connectivity index (χ3n) is 3.20. The zero-order valence-corrected chi connectivity index (χ0v) is 9.44. The first-order valence-corrected chi connectivity index (χ1v) is 5.67. The van der Waals surface area contributed by atoms with Crippen molar-refractivity contribution in [3.63, 3.8) is 0 Å². The number of carboxylic acids is 1. The molecule has 3 heteroatoms. The standard InChI is InChI=1S/C13H17NO2/c1-9-2-4-10(5-3-9)8-14-12-6-11(7-12)13(15)16/h2-5,11-12,14H,6-8H2,1H3,(H,15,16). The van der Waals surface area contributed by atoms with Gasteiger partial charge in [-0.1, -0.05) is 29.8 Å². The fourth-order valence-electron chi connectivity index (χ4n) is 1.95. The van der Waals surface area contributed by atoms with Gasteiger partial charge in [-0.05, 0) is 25.3 Å². The van der Waals surface area contributed by atoms with Crippen LogP contribution < -0.4 is 5.32 Å². The summed E-state index contributed by atoms with van der Waals surface area (Å²) in [5.41, 5.74) is 2.52. The average Bonchev–Trinajstić information content (AvgIpc) is 2.18. The molecule has 3 nitrogen and oxygen atoms in total. The third-order valence-corrected chi connectivity index (χ3v) is 3.20. The lowest BCUT2D eigenvalue weighted by Crippen LogP contribution is -2.43. The Bertz CT molecular complexity index is 366. The number of hydrogen-bond donors (Lipinski definition) is 2. The first-order valence-electron chi connectivity index (χ1n) is 5.67. The Hall–Kier alpha value is -1.35. The van der Waals surface area contributed by atoms with Crippen molar-refractivity contribution >= 4 is 5.97 Å². The van der Waals surface area contributed by atoms with Crippen molar-refractivity contribution in [3.8, 4) is 0 Å². The molecule has 0 aromatic heterocycles. The summed E-state index contributed by atoms with van der Waals surface area (Å²) in [6.07, 6.45) is 1.53. The Morgan fingerprint density at radius 2 is 2.00 bits per heavy atom. The van der Waals surface area contributed by atoms with Crippen LogP contribution in [0.1, 0.15) is 24.0 Å². The van der Waals surface area contributed by atoms with Gasteiger partial charge in [-0.2, -0.15) is 0 Å². The van der Waals surface area contributed by atoms with Crippen LogP contribution in [-0.2, 0) is 11.3 Å². The molecular formula is C13H17NO2. The van der Waals surface area contributed by atoms with Crippen LogP contribution in [0.3, 0.4) is 0 Å². The van der Waals surface area contributed by atoms with Gasteiger partial charge in [0.2, 0.25) is 0 Å². The molecule has 1 aromatic carbocycles. The van der Waals surface area contributed by atoms with Crippen LogP contribution in [-0.4, -0.2) is 17.1 Å². The molecule has 0 heterocycles. The molecule has 1 saturated carbocycles. The Labute approximate surface area is 95.5 Å². The maximum Gasteiger partial charge on any atom is 0.306 e. The van der Waals surface area contributed by atoms with E-state index in [1.807, 2.05) is 0 Å². The highest BCUT2D eigenvalue weighted by molar-refractivity contribution is 5.71. The Morgan fingerprint density at radius 3 is 2.56 bits per heavy atom. The molecule has 1 fully saturated rings. The van der Waals surface area contributed by atoms with Gasteiger partial charge in [-0.25, -0.2) is 0 Å². The zero-order chi connectivity index (χ0) is 11.5. The predicted molar refractivity (Wildman–Crippen MR) is 62.2 cm³/mol. The van der Waals surface area contributed by atoms with Crippen LogP contribution in [0.2, 0.25) is 0 Å². The summed E-state index contributed by atoms with van der Waals surface area (Å²) in [5, 5.41) is 12.1. The van der Waals surface area contributed by atoms with Gasteiger partial charge < -0.3 is 10.4 Å². The average molecular weight is 219 g/mol. The van der Waals surface area contributed by atoms with E-state index in [0.717, 1.165) is 19.4 Å². The van der Waals surface area contributed by atoms with Gasteiger partial charge in [0.25, 0.3) is 0 Å². The second-order valence-electron chi connectivity index (χ2n) is 4.57. The molecule has 0 unspecified atom stereocenters. The van der Waals surface area contributed by atoms with Crippen molar-refractivity contribution in [2.24, 2.45) is 5.92 Å². The minimum Gasteiger partial charge on any atom is -0.481 e. The molecule has 0 aliphatic heterocycles. The van der Waals surface area contributed by atoms with Crippen LogP contribution in [0, 0.1) is 12.8 Å². The molecule has 0 radical (unpaired) electrons. The summed E-state index contributed by atoms with van der Waals surface area (Å²) in [4.78, 5) is 10.6. The largest absolute Gasteiger partial charge is 0.481 e. The highest BCUT2D eigenvalue weighted by Gasteiger charge is 2.33. The van der Waals surface area contributed by atoms with Gasteiger partial charge >= 0.3 is 5.97 Å². The quantitative estimate of drug-likeness (QED) is 0.813. The van der Waals surface area contributed by atoms with Crippen LogP contribution >= 0.6 is 0 Å². The van der Waals surface area contributed by atoms with Gasteiger partial charge in [0.05, 0.1) is 5.92 Å². The van der Waals surface area contributed by atoms with Crippen LogP contribution in [0.15, 0.2) is 24.3 Å². The molecule has 1 aliphatic rings. The second-order valence-corrected chi connectivity index (χ2v) is 4.57. The number of rotatable bonds is 4. The number of hydrogen-bond acceptors (Lipinski definition) is 2. The molecule has 0 amide bonds. The lowest BCUT2D eigenvalue weighted by atomic mass is 9.80. The van der Waals surface area contributed by atoms with E-state index in [2.05, 4.69) is 36.5 Å². The third kappa shape index (κ3) is 2.61. The number of aliphatic carboxylic acids is 1. The summed E-state index contributed by atoms with van der Waals surface area (Å²) >= 11 is 0. The minimum absolute atomic E-state index is 0.129. The molecule has 0 saturated heterocycles. The topological polar surface area (TPSA) is 49.3 Å². The summed E-state index contributed by atoms with van der Waals surface area (Å²) < 4.78 is 0. The van der Waals surface area contributed by atoms with E-state index in [9.17, 15) is 4.79 Å². The Balaban J connectivity index is 1.73. The molecule has 0 spiro atoms. The van der Waals surface area contributed by atoms with Gasteiger partial charge in [-0.3, -0.25) is 4.79 Å². The van der Waals surface area contributed by atoms with E-state index < -0.39 is 5.97 Å². The smallest absolute Gasteiger partial charge is 0.306 e. The molecular weight excluding hydrogens is 202 g/mol. The molecule has 0 bridgehead atoms. The fourth-order valence-corrected chi connectivity index (χ4v) is 1.95. The predicted octanol–water partition coefficient (Wildman–Crippen LogP) is 1.95. The molecule has 0 atom stereocenters. The van der Waals surface area contributed by atoms with Gasteiger partial charge in [-0.15, -0.1) is 0 Å². The maximum absolute atomic E-state index is 10.6. The molecule has 1 aromatic rings. The lowest BCUT2D eigenvalue weighted by Gasteiger charge is -2.33. The monoisotopic (exact) mass is 219 g/mol. The van der Waals surface area contributed by atoms with E-state index in [1.165, 1.54) is 11.1 Å². The van der Waals surface area contributed by atoms with Crippen molar-refractivity contribution in [2.45, 2.75) is 32.4 Å². The van der Waals surface area contributed by atoms with Gasteiger partial charge in [0.1, 0.15) is 0 Å². The first-order chi connectivity index (χ1) is 7.65. The van der Waals surface area contributed by atoms with Crippen molar-refractivity contribution < 1.29 is 9.90 Å². The Morgan fingerprint density at radius 1 is 1.38 bits per heavy atom.